The van der Waals surface area contributed by atoms with Gasteiger partial charge in [-0.15, -0.1) is 11.3 Å². The number of thiazole rings is 1. The van der Waals surface area contributed by atoms with Crippen molar-refractivity contribution in [2.45, 2.75) is 57.5 Å². The van der Waals surface area contributed by atoms with Crippen LogP contribution in [0, 0.1) is 5.92 Å². The van der Waals surface area contributed by atoms with E-state index >= 15 is 0 Å². The average molecular weight is 281 g/mol. The molecule has 3 N–H and O–H groups in total. The highest BCUT2D eigenvalue weighted by molar-refractivity contribution is 7.09. The molecule has 5 heteroatoms. The highest BCUT2D eigenvalue weighted by Crippen LogP contribution is 2.29. The zero-order valence-corrected chi connectivity index (χ0v) is 12.5. The van der Waals surface area contributed by atoms with Gasteiger partial charge in [0.2, 0.25) is 5.91 Å². The second kappa shape index (κ2) is 6.01. The van der Waals surface area contributed by atoms with Gasteiger partial charge in [0.1, 0.15) is 5.01 Å². The number of aromatic nitrogens is 1. The van der Waals surface area contributed by atoms with Crippen LogP contribution >= 0.6 is 11.3 Å². The molecule has 3 unspecified atom stereocenters. The van der Waals surface area contributed by atoms with Crippen LogP contribution in [-0.4, -0.2) is 16.9 Å². The van der Waals surface area contributed by atoms with Crippen molar-refractivity contribution in [3.05, 3.63) is 16.6 Å². The molecule has 1 aromatic heterocycles. The van der Waals surface area contributed by atoms with Crippen molar-refractivity contribution in [3.8, 4) is 0 Å². The van der Waals surface area contributed by atoms with E-state index in [-0.39, 0.29) is 23.4 Å². The molecule has 4 nitrogen and oxygen atoms in total. The zero-order chi connectivity index (χ0) is 13.9. The van der Waals surface area contributed by atoms with E-state index in [4.69, 9.17) is 5.73 Å². The van der Waals surface area contributed by atoms with Gasteiger partial charge in [0.05, 0.1) is 5.54 Å². The summed E-state index contributed by atoms with van der Waals surface area (Å²) >= 11 is 1.59. The topological polar surface area (TPSA) is 68.0 Å². The molecule has 1 aliphatic rings. The normalized spacial score (nSPS) is 26.7. The Morgan fingerprint density at radius 2 is 2.42 bits per heavy atom. The van der Waals surface area contributed by atoms with Gasteiger partial charge in [0.15, 0.2) is 0 Å². The maximum Gasteiger partial charge on any atom is 0.223 e. The summed E-state index contributed by atoms with van der Waals surface area (Å²) < 4.78 is 0. The van der Waals surface area contributed by atoms with E-state index in [0.717, 1.165) is 37.1 Å². The average Bonchev–Trinajstić information content (AvgIpc) is 2.93. The summed E-state index contributed by atoms with van der Waals surface area (Å²) in [5.74, 6) is 0.198. The van der Waals surface area contributed by atoms with Crippen molar-refractivity contribution < 1.29 is 4.79 Å². The van der Waals surface area contributed by atoms with Crippen LogP contribution in [0.3, 0.4) is 0 Å². The Labute approximate surface area is 118 Å². The lowest BCUT2D eigenvalue weighted by atomic mass is 9.85. The van der Waals surface area contributed by atoms with E-state index in [9.17, 15) is 4.79 Å². The van der Waals surface area contributed by atoms with E-state index in [2.05, 4.69) is 17.2 Å². The van der Waals surface area contributed by atoms with Crippen molar-refractivity contribution in [1.82, 2.24) is 10.3 Å². The number of hydrogen-bond acceptors (Lipinski definition) is 4. The van der Waals surface area contributed by atoms with Gasteiger partial charge in [0, 0.05) is 23.5 Å². The molecule has 19 heavy (non-hydrogen) atoms. The van der Waals surface area contributed by atoms with Gasteiger partial charge in [-0.25, -0.2) is 4.98 Å². The molecular weight excluding hydrogens is 258 g/mol. The van der Waals surface area contributed by atoms with E-state index < -0.39 is 0 Å². The standard InChI is InChI=1S/C14H23N3OS/c1-3-14(2,13-16-7-8-19-13)17-12(18)10-5-4-6-11(15)9-10/h7-8,10-11H,3-6,9,15H2,1-2H3,(H,17,18). The first-order chi connectivity index (χ1) is 9.05. The molecule has 1 aromatic rings. The molecular formula is C14H23N3OS. The molecule has 0 bridgehead atoms. The number of carbonyl (C=O) groups excluding carboxylic acids is 1. The Hall–Kier alpha value is -0.940. The first-order valence-corrected chi connectivity index (χ1v) is 7.90. The van der Waals surface area contributed by atoms with Crippen molar-refractivity contribution in [2.24, 2.45) is 11.7 Å². The first-order valence-electron chi connectivity index (χ1n) is 7.02. The lowest BCUT2D eigenvalue weighted by molar-refractivity contribution is -0.128. The summed E-state index contributed by atoms with van der Waals surface area (Å²) in [5, 5.41) is 6.11. The van der Waals surface area contributed by atoms with Gasteiger partial charge in [-0.1, -0.05) is 13.3 Å². The SMILES string of the molecule is CCC(C)(NC(=O)C1CCCC(N)C1)c1nccs1. The highest BCUT2D eigenvalue weighted by Gasteiger charge is 2.33. The monoisotopic (exact) mass is 281 g/mol. The third-order valence-corrected chi connectivity index (χ3v) is 5.13. The predicted octanol–water partition coefficient (Wildman–Crippen LogP) is 2.40. The molecule has 1 aliphatic carbocycles. The number of nitrogens with zero attached hydrogens (tertiary/aromatic N) is 1. The lowest BCUT2D eigenvalue weighted by Crippen LogP contribution is -2.47. The van der Waals surface area contributed by atoms with Gasteiger partial charge in [0.25, 0.3) is 0 Å². The van der Waals surface area contributed by atoms with E-state index in [0.29, 0.717) is 0 Å². The smallest absolute Gasteiger partial charge is 0.223 e. The van der Waals surface area contributed by atoms with Crippen molar-refractivity contribution in [3.63, 3.8) is 0 Å². The largest absolute Gasteiger partial charge is 0.344 e. The minimum absolute atomic E-state index is 0.0644. The maximum atomic E-state index is 12.4. The molecule has 2 rings (SSSR count). The molecule has 0 spiro atoms. The second-order valence-corrected chi connectivity index (χ2v) is 6.53. The fourth-order valence-electron chi connectivity index (χ4n) is 2.63. The summed E-state index contributed by atoms with van der Waals surface area (Å²) in [6, 6.07) is 0.178. The summed E-state index contributed by atoms with van der Waals surface area (Å²) in [6.45, 7) is 4.13. The third kappa shape index (κ3) is 3.34. The molecule has 0 aliphatic heterocycles. The fraction of sp³-hybridized carbons (Fsp3) is 0.714. The molecule has 3 atom stereocenters. The molecule has 1 fully saturated rings. The number of amides is 1. The van der Waals surface area contributed by atoms with Gasteiger partial charge >= 0.3 is 0 Å². The van der Waals surface area contributed by atoms with Gasteiger partial charge in [-0.05, 0) is 32.6 Å². The number of hydrogen-bond donors (Lipinski definition) is 2. The van der Waals surface area contributed by atoms with Crippen LogP contribution in [0.15, 0.2) is 11.6 Å². The summed E-state index contributed by atoms with van der Waals surface area (Å²) in [4.78, 5) is 16.8. The number of nitrogens with one attached hydrogen (secondary N) is 1. The summed E-state index contributed by atoms with van der Waals surface area (Å²) in [7, 11) is 0. The van der Waals surface area contributed by atoms with E-state index in [1.54, 1.807) is 17.5 Å². The quantitative estimate of drug-likeness (QED) is 0.890. The molecule has 1 saturated carbocycles. The van der Waals surface area contributed by atoms with Gasteiger partial charge < -0.3 is 11.1 Å². The van der Waals surface area contributed by atoms with Crippen LogP contribution in [0.4, 0.5) is 0 Å². The van der Waals surface area contributed by atoms with Crippen LogP contribution in [0.1, 0.15) is 51.0 Å². The van der Waals surface area contributed by atoms with Crippen molar-refractivity contribution >= 4 is 17.2 Å². The number of rotatable bonds is 4. The maximum absolute atomic E-state index is 12.4. The summed E-state index contributed by atoms with van der Waals surface area (Å²) in [5.41, 5.74) is 5.61. The Kier molecular flexibility index (Phi) is 4.58. The molecule has 106 valence electrons. The predicted molar refractivity (Wildman–Crippen MR) is 77.8 cm³/mol. The Morgan fingerprint density at radius 1 is 1.63 bits per heavy atom. The molecule has 1 heterocycles. The van der Waals surface area contributed by atoms with Crippen LogP contribution < -0.4 is 11.1 Å². The third-order valence-electron chi connectivity index (χ3n) is 4.10. The molecule has 0 saturated heterocycles. The zero-order valence-electron chi connectivity index (χ0n) is 11.7. The Bertz CT molecular complexity index is 420. The minimum atomic E-state index is -0.354. The Morgan fingerprint density at radius 3 is 3.00 bits per heavy atom. The number of nitrogens with two attached hydrogens (primary N) is 1. The highest BCUT2D eigenvalue weighted by atomic mass is 32.1. The molecule has 1 amide bonds. The van der Waals surface area contributed by atoms with E-state index in [1.165, 1.54) is 0 Å². The summed E-state index contributed by atoms with van der Waals surface area (Å²) in [6.07, 6.45) is 6.49. The van der Waals surface area contributed by atoms with Crippen molar-refractivity contribution in [2.75, 3.05) is 0 Å². The van der Waals surface area contributed by atoms with Crippen LogP contribution in [-0.2, 0) is 10.3 Å². The Balaban J connectivity index is 2.04. The molecule has 0 aromatic carbocycles. The van der Waals surface area contributed by atoms with Crippen LogP contribution in [0.25, 0.3) is 0 Å². The van der Waals surface area contributed by atoms with Gasteiger partial charge in [-0.3, -0.25) is 4.79 Å². The van der Waals surface area contributed by atoms with Crippen LogP contribution in [0.5, 0.6) is 0 Å². The number of carbonyl (C=O) groups is 1. The first kappa shape index (κ1) is 14.5. The minimum Gasteiger partial charge on any atom is -0.344 e. The second-order valence-electron chi connectivity index (χ2n) is 5.64. The van der Waals surface area contributed by atoms with Crippen molar-refractivity contribution in [1.29, 1.82) is 0 Å². The van der Waals surface area contributed by atoms with Gasteiger partial charge in [-0.2, -0.15) is 0 Å². The van der Waals surface area contributed by atoms with Crippen LogP contribution in [0.2, 0.25) is 0 Å². The lowest BCUT2D eigenvalue weighted by Gasteiger charge is -2.32. The fourth-order valence-corrected chi connectivity index (χ4v) is 3.46. The molecule has 0 radical (unpaired) electrons. The van der Waals surface area contributed by atoms with E-state index in [1.807, 2.05) is 12.3 Å².